The fourth-order valence-electron chi connectivity index (χ4n) is 3.21. The van der Waals surface area contributed by atoms with Gasteiger partial charge in [0.15, 0.2) is 0 Å². The minimum absolute atomic E-state index is 0.000266. The van der Waals surface area contributed by atoms with Crippen LogP contribution in [-0.2, 0) is 16.0 Å². The monoisotopic (exact) mass is 389 g/mol. The van der Waals surface area contributed by atoms with Crippen molar-refractivity contribution in [2.24, 2.45) is 5.92 Å². The fourth-order valence-corrected chi connectivity index (χ4v) is 3.83. The molecule has 3 heterocycles. The number of carbonyl (C=O) groups is 2. The second kappa shape index (κ2) is 7.05. The summed E-state index contributed by atoms with van der Waals surface area (Å²) in [5.74, 6) is -0.541. The first kappa shape index (κ1) is 17.0. The number of H-pyrrole nitrogens is 1. The minimum atomic E-state index is -0.358. The molecule has 134 valence electrons. The molecule has 4 rings (SSSR count). The molecule has 3 aromatic rings. The van der Waals surface area contributed by atoms with Crippen molar-refractivity contribution >= 4 is 50.8 Å². The second-order valence-electron chi connectivity index (χ2n) is 6.23. The zero-order valence-electron chi connectivity index (χ0n) is 13.7. The molecule has 1 fully saturated rings. The molecular formula is C17H16ClN5O2S. The van der Waals surface area contributed by atoms with E-state index in [2.05, 4.69) is 20.5 Å². The van der Waals surface area contributed by atoms with Gasteiger partial charge in [0.05, 0.1) is 5.92 Å². The van der Waals surface area contributed by atoms with Crippen LogP contribution in [0.25, 0.3) is 10.9 Å². The van der Waals surface area contributed by atoms with E-state index in [1.54, 1.807) is 10.4 Å². The standard InChI is InChI=1S/C17H16ClN5O2S/c18-12-1-2-14-13(6-12)10(7-19-14)3-4-23-8-11(5-15(23)24)16(25)21-17-22-20-9-26-17/h1-2,6-7,9,11,19H,3-5,8H2,(H,21,22,25)/t11-/m1/s1. The van der Waals surface area contributed by atoms with Gasteiger partial charge in [-0.25, -0.2) is 0 Å². The highest BCUT2D eigenvalue weighted by molar-refractivity contribution is 7.13. The lowest BCUT2D eigenvalue weighted by Gasteiger charge is -2.16. The fraction of sp³-hybridized carbons (Fsp3) is 0.294. The zero-order valence-corrected chi connectivity index (χ0v) is 15.3. The van der Waals surface area contributed by atoms with Gasteiger partial charge in [0.25, 0.3) is 0 Å². The number of hydrogen-bond donors (Lipinski definition) is 2. The Labute approximate surface area is 158 Å². The number of fused-ring (bicyclic) bond motifs is 1. The quantitative estimate of drug-likeness (QED) is 0.701. The Morgan fingerprint density at radius 1 is 1.46 bits per heavy atom. The zero-order chi connectivity index (χ0) is 18.1. The van der Waals surface area contributed by atoms with Gasteiger partial charge in [-0.05, 0) is 30.2 Å². The second-order valence-corrected chi connectivity index (χ2v) is 7.50. The number of nitrogens with one attached hydrogen (secondary N) is 2. The summed E-state index contributed by atoms with van der Waals surface area (Å²) in [5.41, 5.74) is 3.68. The van der Waals surface area contributed by atoms with Crippen molar-refractivity contribution in [1.29, 1.82) is 0 Å². The summed E-state index contributed by atoms with van der Waals surface area (Å²) in [5, 5.41) is 12.4. The maximum atomic E-state index is 12.3. The number of likely N-dealkylation sites (tertiary alicyclic amines) is 1. The molecule has 26 heavy (non-hydrogen) atoms. The van der Waals surface area contributed by atoms with Crippen LogP contribution in [0, 0.1) is 5.92 Å². The number of halogens is 1. The summed E-state index contributed by atoms with van der Waals surface area (Å²) < 4.78 is 0. The topological polar surface area (TPSA) is 91.0 Å². The van der Waals surface area contributed by atoms with Gasteiger partial charge in [-0.3, -0.25) is 9.59 Å². The van der Waals surface area contributed by atoms with E-state index in [1.165, 1.54) is 11.3 Å². The van der Waals surface area contributed by atoms with Crippen LogP contribution in [0.4, 0.5) is 5.13 Å². The normalized spacial score (nSPS) is 17.2. The van der Waals surface area contributed by atoms with E-state index in [0.29, 0.717) is 29.7 Å². The van der Waals surface area contributed by atoms with Gasteiger partial charge in [0.1, 0.15) is 5.51 Å². The van der Waals surface area contributed by atoms with E-state index in [-0.39, 0.29) is 24.2 Å². The van der Waals surface area contributed by atoms with Crippen LogP contribution in [0.3, 0.4) is 0 Å². The molecule has 1 aliphatic rings. The van der Waals surface area contributed by atoms with Crippen molar-refractivity contribution < 1.29 is 9.59 Å². The van der Waals surface area contributed by atoms with Gasteiger partial charge in [-0.1, -0.05) is 22.9 Å². The number of hydrogen-bond acceptors (Lipinski definition) is 5. The Balaban J connectivity index is 1.38. The molecule has 7 nitrogen and oxygen atoms in total. The van der Waals surface area contributed by atoms with Gasteiger partial charge in [-0.2, -0.15) is 0 Å². The Bertz CT molecular complexity index is 955. The van der Waals surface area contributed by atoms with Gasteiger partial charge in [0, 0.05) is 41.6 Å². The summed E-state index contributed by atoms with van der Waals surface area (Å²) in [7, 11) is 0. The van der Waals surface area contributed by atoms with Crippen LogP contribution in [-0.4, -0.2) is 45.0 Å². The highest BCUT2D eigenvalue weighted by atomic mass is 35.5. The molecule has 1 aliphatic heterocycles. The highest BCUT2D eigenvalue weighted by Gasteiger charge is 2.34. The average molecular weight is 390 g/mol. The average Bonchev–Trinajstić information content (AvgIpc) is 3.33. The number of benzene rings is 1. The van der Waals surface area contributed by atoms with Crippen molar-refractivity contribution in [3.63, 3.8) is 0 Å². The summed E-state index contributed by atoms with van der Waals surface area (Å²) in [6.07, 6.45) is 2.88. The summed E-state index contributed by atoms with van der Waals surface area (Å²) in [6.45, 7) is 0.994. The first-order valence-electron chi connectivity index (χ1n) is 8.20. The van der Waals surface area contributed by atoms with Crippen LogP contribution in [0.5, 0.6) is 0 Å². The van der Waals surface area contributed by atoms with E-state index in [1.807, 2.05) is 24.4 Å². The molecular weight excluding hydrogens is 374 g/mol. The maximum Gasteiger partial charge on any atom is 0.231 e. The van der Waals surface area contributed by atoms with Crippen molar-refractivity contribution in [1.82, 2.24) is 20.1 Å². The van der Waals surface area contributed by atoms with E-state index in [9.17, 15) is 9.59 Å². The molecule has 1 aromatic carbocycles. The molecule has 0 radical (unpaired) electrons. The molecule has 2 amide bonds. The molecule has 0 unspecified atom stereocenters. The van der Waals surface area contributed by atoms with Crippen LogP contribution in [0.15, 0.2) is 29.9 Å². The van der Waals surface area contributed by atoms with Gasteiger partial charge < -0.3 is 15.2 Å². The maximum absolute atomic E-state index is 12.3. The molecule has 1 saturated heterocycles. The number of nitrogens with zero attached hydrogens (tertiary/aromatic N) is 3. The minimum Gasteiger partial charge on any atom is -0.361 e. The van der Waals surface area contributed by atoms with E-state index in [0.717, 1.165) is 16.5 Å². The van der Waals surface area contributed by atoms with Crippen molar-refractivity contribution in [2.75, 3.05) is 18.4 Å². The van der Waals surface area contributed by atoms with Crippen LogP contribution < -0.4 is 5.32 Å². The molecule has 0 spiro atoms. The molecule has 2 N–H and O–H groups in total. The number of amides is 2. The molecule has 0 aliphatic carbocycles. The number of aromatic amines is 1. The lowest BCUT2D eigenvalue weighted by Crippen LogP contribution is -2.30. The van der Waals surface area contributed by atoms with E-state index >= 15 is 0 Å². The highest BCUT2D eigenvalue weighted by Crippen LogP contribution is 2.25. The van der Waals surface area contributed by atoms with Crippen LogP contribution in [0.2, 0.25) is 5.02 Å². The Kier molecular flexibility index (Phi) is 4.60. The summed E-state index contributed by atoms with van der Waals surface area (Å²) in [6, 6.07) is 5.71. The lowest BCUT2D eigenvalue weighted by molar-refractivity contribution is -0.128. The predicted molar refractivity (Wildman–Crippen MR) is 100 cm³/mol. The molecule has 0 saturated carbocycles. The lowest BCUT2D eigenvalue weighted by atomic mass is 10.1. The third-order valence-corrected chi connectivity index (χ3v) is 5.40. The number of carbonyl (C=O) groups excluding carboxylic acids is 2. The molecule has 0 bridgehead atoms. The van der Waals surface area contributed by atoms with Gasteiger partial charge in [-0.15, -0.1) is 10.2 Å². The van der Waals surface area contributed by atoms with Gasteiger partial charge in [0.2, 0.25) is 16.9 Å². The first-order valence-corrected chi connectivity index (χ1v) is 9.46. The van der Waals surface area contributed by atoms with Crippen LogP contribution >= 0.6 is 22.9 Å². The third kappa shape index (κ3) is 3.42. The van der Waals surface area contributed by atoms with Gasteiger partial charge >= 0.3 is 0 Å². The Morgan fingerprint density at radius 2 is 2.35 bits per heavy atom. The molecule has 1 atom stereocenters. The van der Waals surface area contributed by atoms with Crippen LogP contribution in [0.1, 0.15) is 12.0 Å². The van der Waals surface area contributed by atoms with E-state index in [4.69, 9.17) is 11.6 Å². The Hall–Kier alpha value is -2.45. The molecule has 9 heteroatoms. The van der Waals surface area contributed by atoms with Crippen molar-refractivity contribution in [3.05, 3.63) is 40.5 Å². The largest absolute Gasteiger partial charge is 0.361 e. The summed E-state index contributed by atoms with van der Waals surface area (Å²) in [4.78, 5) is 29.5. The van der Waals surface area contributed by atoms with Crippen molar-refractivity contribution in [2.45, 2.75) is 12.8 Å². The SMILES string of the molecule is O=C(Nc1nncs1)[C@@H]1CC(=O)N(CCc2c[nH]c3ccc(Cl)cc23)C1. The number of aromatic nitrogens is 3. The predicted octanol–water partition coefficient (Wildman–Crippen LogP) is 2.70. The van der Waals surface area contributed by atoms with E-state index < -0.39 is 0 Å². The Morgan fingerprint density at radius 3 is 3.15 bits per heavy atom. The first-order chi connectivity index (χ1) is 12.6. The number of rotatable bonds is 5. The smallest absolute Gasteiger partial charge is 0.231 e. The number of anilines is 1. The van der Waals surface area contributed by atoms with Crippen molar-refractivity contribution in [3.8, 4) is 0 Å². The third-order valence-electron chi connectivity index (χ3n) is 4.56. The molecule has 2 aromatic heterocycles. The summed E-state index contributed by atoms with van der Waals surface area (Å²) >= 11 is 7.33.